The number of halogens is 3. The van der Waals surface area contributed by atoms with Crippen molar-refractivity contribution < 1.29 is 13.2 Å². The van der Waals surface area contributed by atoms with Crippen LogP contribution in [0, 0.1) is 6.92 Å². The van der Waals surface area contributed by atoms with E-state index < -0.39 is 11.7 Å². The standard InChI is InChI=1S/C44H46F3N/c1-27-19-30(21-32(20-27)41(2,3)4)28-15-17-38-35(24-28)36-25-29(31-22-33(42(5,6)7)26-34(23-31)43(8,9)10)16-18-39(36)48(38)40-14-12-11-13-37(40)44(45,46)47/h11-26H,1-10H3. The van der Waals surface area contributed by atoms with Gasteiger partial charge in [-0.2, -0.15) is 13.2 Å². The minimum atomic E-state index is -4.50. The van der Waals surface area contributed by atoms with Gasteiger partial charge in [-0.3, -0.25) is 0 Å². The summed E-state index contributed by atoms with van der Waals surface area (Å²) >= 11 is 0. The van der Waals surface area contributed by atoms with Crippen LogP contribution in [-0.4, -0.2) is 4.57 Å². The van der Waals surface area contributed by atoms with Crippen molar-refractivity contribution in [2.24, 2.45) is 0 Å². The first-order valence-electron chi connectivity index (χ1n) is 16.8. The van der Waals surface area contributed by atoms with Gasteiger partial charge in [-0.15, -0.1) is 0 Å². The van der Waals surface area contributed by atoms with Crippen LogP contribution >= 0.6 is 0 Å². The first-order chi connectivity index (χ1) is 22.2. The summed E-state index contributed by atoms with van der Waals surface area (Å²) in [6, 6.07) is 31.7. The predicted molar refractivity (Wildman–Crippen MR) is 197 cm³/mol. The molecule has 0 saturated heterocycles. The first kappa shape index (κ1) is 33.6. The summed E-state index contributed by atoms with van der Waals surface area (Å²) in [7, 11) is 0. The zero-order chi connectivity index (χ0) is 35.0. The molecule has 5 aromatic carbocycles. The molecule has 0 aliphatic heterocycles. The molecule has 4 heteroatoms. The van der Waals surface area contributed by atoms with Crippen LogP contribution in [0.4, 0.5) is 13.2 Å². The smallest absolute Gasteiger partial charge is 0.309 e. The van der Waals surface area contributed by atoms with E-state index in [9.17, 15) is 13.2 Å². The highest BCUT2D eigenvalue weighted by atomic mass is 19.4. The van der Waals surface area contributed by atoms with Crippen LogP contribution in [-0.2, 0) is 22.4 Å². The van der Waals surface area contributed by atoms with Crippen molar-refractivity contribution in [1.29, 1.82) is 0 Å². The van der Waals surface area contributed by atoms with E-state index in [4.69, 9.17) is 0 Å². The zero-order valence-electron chi connectivity index (χ0n) is 29.8. The van der Waals surface area contributed by atoms with E-state index in [-0.39, 0.29) is 21.9 Å². The molecule has 1 heterocycles. The van der Waals surface area contributed by atoms with Crippen LogP contribution in [0.2, 0.25) is 0 Å². The van der Waals surface area contributed by atoms with E-state index in [0.29, 0.717) is 0 Å². The summed E-state index contributed by atoms with van der Waals surface area (Å²) in [5.74, 6) is 0. The lowest BCUT2D eigenvalue weighted by Gasteiger charge is -2.26. The Morgan fingerprint density at radius 1 is 0.458 bits per heavy atom. The van der Waals surface area contributed by atoms with Gasteiger partial charge in [-0.05, 0) is 98.5 Å². The van der Waals surface area contributed by atoms with Gasteiger partial charge in [0.25, 0.3) is 0 Å². The third-order valence-corrected chi connectivity index (χ3v) is 9.49. The molecule has 0 aliphatic rings. The Morgan fingerprint density at radius 3 is 1.35 bits per heavy atom. The largest absolute Gasteiger partial charge is 0.418 e. The van der Waals surface area contributed by atoms with Gasteiger partial charge in [0.15, 0.2) is 0 Å². The van der Waals surface area contributed by atoms with Gasteiger partial charge in [-0.25, -0.2) is 0 Å². The minimum absolute atomic E-state index is 0.0232. The van der Waals surface area contributed by atoms with Crippen molar-refractivity contribution in [3.63, 3.8) is 0 Å². The van der Waals surface area contributed by atoms with E-state index in [0.717, 1.165) is 44.1 Å². The molecular weight excluding hydrogens is 599 g/mol. The molecule has 1 aromatic heterocycles. The first-order valence-corrected chi connectivity index (χ1v) is 16.8. The fraction of sp³-hybridized carbons (Fsp3) is 0.318. The predicted octanol–water partition coefficient (Wildman–Crippen LogP) is 13.3. The number of fused-ring (bicyclic) bond motifs is 3. The number of hydrogen-bond acceptors (Lipinski definition) is 0. The van der Waals surface area contributed by atoms with Crippen molar-refractivity contribution in [2.75, 3.05) is 0 Å². The number of alkyl halides is 3. The summed E-state index contributed by atoms with van der Waals surface area (Å²) in [5, 5.41) is 1.84. The van der Waals surface area contributed by atoms with Crippen molar-refractivity contribution in [3.05, 3.63) is 125 Å². The van der Waals surface area contributed by atoms with E-state index in [2.05, 4.69) is 124 Å². The summed E-state index contributed by atoms with van der Waals surface area (Å²) in [4.78, 5) is 0. The van der Waals surface area contributed by atoms with Gasteiger partial charge in [0, 0.05) is 10.8 Å². The zero-order valence-corrected chi connectivity index (χ0v) is 29.8. The quantitative estimate of drug-likeness (QED) is 0.180. The van der Waals surface area contributed by atoms with Crippen molar-refractivity contribution in [1.82, 2.24) is 4.57 Å². The molecule has 1 nitrogen and oxygen atoms in total. The number of aryl methyl sites for hydroxylation is 1. The van der Waals surface area contributed by atoms with Gasteiger partial charge < -0.3 is 4.57 Å². The van der Waals surface area contributed by atoms with Crippen molar-refractivity contribution >= 4 is 21.8 Å². The maximum Gasteiger partial charge on any atom is 0.418 e. The average molecular weight is 646 g/mol. The highest BCUT2D eigenvalue weighted by molar-refractivity contribution is 6.11. The van der Waals surface area contributed by atoms with Crippen LogP contribution in [0.5, 0.6) is 0 Å². The van der Waals surface area contributed by atoms with E-state index in [1.165, 1.54) is 34.4 Å². The molecule has 0 spiro atoms. The maximum atomic E-state index is 14.4. The van der Waals surface area contributed by atoms with Crippen molar-refractivity contribution in [3.8, 4) is 27.9 Å². The molecule has 0 N–H and O–H groups in total. The molecule has 0 unspecified atom stereocenters. The molecule has 0 saturated carbocycles. The Hall–Kier alpha value is -4.31. The molecule has 6 rings (SSSR count). The Kier molecular flexibility index (Phi) is 7.97. The third kappa shape index (κ3) is 6.30. The Morgan fingerprint density at radius 2 is 0.896 bits per heavy atom. The van der Waals surface area contributed by atoms with Crippen LogP contribution in [0.1, 0.15) is 90.1 Å². The number of benzene rings is 5. The highest BCUT2D eigenvalue weighted by Gasteiger charge is 2.34. The second-order valence-corrected chi connectivity index (χ2v) is 16.5. The van der Waals surface area contributed by atoms with Gasteiger partial charge in [0.1, 0.15) is 0 Å². The number of para-hydroxylation sites is 1. The molecule has 6 aromatic rings. The fourth-order valence-corrected chi connectivity index (χ4v) is 6.59. The lowest BCUT2D eigenvalue weighted by molar-refractivity contribution is -0.137. The lowest BCUT2D eigenvalue weighted by atomic mass is 9.79. The molecule has 248 valence electrons. The SMILES string of the molecule is Cc1cc(-c2ccc3c(c2)c2cc(-c4cc(C(C)(C)C)cc(C(C)(C)C)c4)ccc2n3-c2ccccc2C(F)(F)F)cc(C(C)(C)C)c1. The monoisotopic (exact) mass is 645 g/mol. The van der Waals surface area contributed by atoms with Gasteiger partial charge in [0.2, 0.25) is 0 Å². The van der Waals surface area contributed by atoms with E-state index >= 15 is 0 Å². The topological polar surface area (TPSA) is 4.93 Å². The van der Waals surface area contributed by atoms with Crippen LogP contribution in [0.15, 0.2) is 97.1 Å². The molecule has 0 radical (unpaired) electrons. The molecule has 0 fully saturated rings. The maximum absolute atomic E-state index is 14.4. The summed E-state index contributed by atoms with van der Waals surface area (Å²) in [6.07, 6.45) is -4.50. The van der Waals surface area contributed by atoms with Crippen LogP contribution in [0.25, 0.3) is 49.7 Å². The normalized spacial score (nSPS) is 13.1. The minimum Gasteiger partial charge on any atom is -0.309 e. The Balaban J connectivity index is 1.68. The second kappa shape index (κ2) is 11.4. The van der Waals surface area contributed by atoms with Gasteiger partial charge in [0.05, 0.1) is 22.3 Å². The van der Waals surface area contributed by atoms with Crippen molar-refractivity contribution in [2.45, 2.75) is 91.7 Å². The number of aromatic nitrogens is 1. The summed E-state index contributed by atoms with van der Waals surface area (Å²) in [6.45, 7) is 22.1. The summed E-state index contributed by atoms with van der Waals surface area (Å²) < 4.78 is 45.1. The van der Waals surface area contributed by atoms with Gasteiger partial charge in [-0.1, -0.05) is 129 Å². The molecule has 0 bridgehead atoms. The fourth-order valence-electron chi connectivity index (χ4n) is 6.59. The third-order valence-electron chi connectivity index (χ3n) is 9.49. The Labute approximate surface area is 283 Å². The van der Waals surface area contributed by atoms with Gasteiger partial charge >= 0.3 is 6.18 Å². The lowest BCUT2D eigenvalue weighted by Crippen LogP contribution is -2.16. The average Bonchev–Trinajstić information content (AvgIpc) is 3.31. The Bertz CT molecular complexity index is 2140. The molecule has 48 heavy (non-hydrogen) atoms. The highest BCUT2D eigenvalue weighted by Crippen LogP contribution is 2.42. The number of rotatable bonds is 3. The number of hydrogen-bond donors (Lipinski definition) is 0. The molecule has 0 atom stereocenters. The molecule has 0 amide bonds. The molecular formula is C44H46F3N. The van der Waals surface area contributed by atoms with Crippen LogP contribution in [0.3, 0.4) is 0 Å². The van der Waals surface area contributed by atoms with Crippen LogP contribution < -0.4 is 0 Å². The summed E-state index contributed by atoms with van der Waals surface area (Å²) in [5.41, 5.74) is 10.0. The number of nitrogens with zero attached hydrogens (tertiary/aromatic N) is 1. The second-order valence-electron chi connectivity index (χ2n) is 16.5. The van der Waals surface area contributed by atoms with E-state index in [1.807, 2.05) is 18.2 Å². The molecule has 0 aliphatic carbocycles. The van der Waals surface area contributed by atoms with E-state index in [1.54, 1.807) is 16.7 Å².